The van der Waals surface area contributed by atoms with Gasteiger partial charge in [-0.1, -0.05) is 6.92 Å². The van der Waals surface area contributed by atoms with Gasteiger partial charge in [-0.05, 0) is 56.3 Å². The van der Waals surface area contributed by atoms with Crippen LogP contribution in [0.3, 0.4) is 0 Å². The summed E-state index contributed by atoms with van der Waals surface area (Å²) >= 11 is 5.51. The lowest BCUT2D eigenvalue weighted by Crippen LogP contribution is -2.37. The molecule has 1 fully saturated rings. The summed E-state index contributed by atoms with van der Waals surface area (Å²) in [6.45, 7) is 4.44. The molecule has 0 radical (unpaired) electrons. The fourth-order valence-electron chi connectivity index (χ4n) is 3.25. The molecule has 2 atom stereocenters. The Balaban J connectivity index is 2.13. The Morgan fingerprint density at radius 2 is 2.25 bits per heavy atom. The van der Waals surface area contributed by atoms with Crippen LogP contribution in [0.15, 0.2) is 18.2 Å². The standard InChI is InChI=1S/C15H18N4S/c1-10-9-18(2)6-5-13(10)19-14-7-11(8-16)3-4-12(14)17-15(19)20/h3-4,7,10,13H,5-6,9H2,1-2H3,(H,17,20). The number of H-pyrrole nitrogens is 1. The topological polar surface area (TPSA) is 47.8 Å². The summed E-state index contributed by atoms with van der Waals surface area (Å²) in [5.74, 6) is 0.546. The van der Waals surface area contributed by atoms with E-state index in [-0.39, 0.29) is 0 Å². The third kappa shape index (κ3) is 2.15. The van der Waals surface area contributed by atoms with Gasteiger partial charge in [-0.15, -0.1) is 0 Å². The number of nitriles is 1. The fourth-order valence-corrected chi connectivity index (χ4v) is 3.59. The highest BCUT2D eigenvalue weighted by Crippen LogP contribution is 2.31. The first-order valence-electron chi connectivity index (χ1n) is 6.93. The maximum absolute atomic E-state index is 9.09. The highest BCUT2D eigenvalue weighted by atomic mass is 32.1. The van der Waals surface area contributed by atoms with Crippen molar-refractivity contribution < 1.29 is 0 Å². The number of aromatic amines is 1. The fraction of sp³-hybridized carbons (Fsp3) is 0.467. The summed E-state index contributed by atoms with van der Waals surface area (Å²) in [7, 11) is 2.16. The van der Waals surface area contributed by atoms with Crippen LogP contribution in [0, 0.1) is 22.0 Å². The monoisotopic (exact) mass is 286 g/mol. The van der Waals surface area contributed by atoms with Crippen molar-refractivity contribution in [2.45, 2.75) is 19.4 Å². The van der Waals surface area contributed by atoms with Gasteiger partial charge in [0.05, 0.1) is 22.7 Å². The Labute approximate surface area is 123 Å². The largest absolute Gasteiger partial charge is 0.331 e. The molecule has 0 saturated carbocycles. The van der Waals surface area contributed by atoms with Crippen molar-refractivity contribution in [3.8, 4) is 6.07 Å². The minimum atomic E-state index is 0.404. The summed E-state index contributed by atoms with van der Waals surface area (Å²) in [5.41, 5.74) is 2.75. The zero-order chi connectivity index (χ0) is 14.3. The first-order chi connectivity index (χ1) is 9.60. The zero-order valence-corrected chi connectivity index (χ0v) is 12.6. The lowest BCUT2D eigenvalue weighted by molar-refractivity contribution is 0.160. The number of benzene rings is 1. The number of nitrogens with one attached hydrogen (secondary N) is 1. The minimum absolute atomic E-state index is 0.404. The third-order valence-corrected chi connectivity index (χ3v) is 4.54. The van der Waals surface area contributed by atoms with Crippen LogP contribution < -0.4 is 0 Å². The predicted octanol–water partition coefficient (Wildman–Crippen LogP) is 3.08. The SMILES string of the molecule is CC1CN(C)CCC1n1c(=S)[nH]c2ccc(C#N)cc21. The van der Waals surface area contributed by atoms with Crippen molar-refractivity contribution in [1.82, 2.24) is 14.5 Å². The maximum Gasteiger partial charge on any atom is 0.178 e. The van der Waals surface area contributed by atoms with Gasteiger partial charge >= 0.3 is 0 Å². The number of hydrogen-bond acceptors (Lipinski definition) is 3. The van der Waals surface area contributed by atoms with Crippen LogP contribution >= 0.6 is 12.2 Å². The predicted molar refractivity (Wildman–Crippen MR) is 82.2 cm³/mol. The van der Waals surface area contributed by atoms with E-state index in [1.54, 1.807) is 0 Å². The van der Waals surface area contributed by atoms with Gasteiger partial charge in [0.1, 0.15) is 0 Å². The van der Waals surface area contributed by atoms with Crippen LogP contribution in [-0.2, 0) is 0 Å². The minimum Gasteiger partial charge on any atom is -0.331 e. The Morgan fingerprint density at radius 1 is 1.45 bits per heavy atom. The van der Waals surface area contributed by atoms with Crippen LogP contribution in [0.2, 0.25) is 0 Å². The first kappa shape index (κ1) is 13.3. The molecule has 0 amide bonds. The van der Waals surface area contributed by atoms with Crippen LogP contribution in [0.4, 0.5) is 0 Å². The van der Waals surface area contributed by atoms with Gasteiger partial charge in [-0.3, -0.25) is 0 Å². The van der Waals surface area contributed by atoms with Crippen molar-refractivity contribution in [3.63, 3.8) is 0 Å². The summed E-state index contributed by atoms with van der Waals surface area (Å²) in [5, 5.41) is 9.09. The third-order valence-electron chi connectivity index (χ3n) is 4.24. The second-order valence-corrected chi connectivity index (χ2v) is 6.13. The number of imidazole rings is 1. The van der Waals surface area contributed by atoms with Crippen molar-refractivity contribution in [3.05, 3.63) is 28.5 Å². The van der Waals surface area contributed by atoms with Crippen molar-refractivity contribution in [2.75, 3.05) is 20.1 Å². The normalized spacial score (nSPS) is 23.9. The molecular weight excluding hydrogens is 268 g/mol. The van der Waals surface area contributed by atoms with E-state index in [9.17, 15) is 0 Å². The summed E-state index contributed by atoms with van der Waals surface area (Å²) < 4.78 is 2.97. The van der Waals surface area contributed by atoms with Gasteiger partial charge in [0.15, 0.2) is 4.77 Å². The van der Waals surface area contributed by atoms with Gasteiger partial charge < -0.3 is 14.5 Å². The van der Waals surface area contributed by atoms with Crippen molar-refractivity contribution >= 4 is 23.3 Å². The van der Waals surface area contributed by atoms with Crippen LogP contribution in [0.1, 0.15) is 24.9 Å². The molecule has 1 aromatic heterocycles. The van der Waals surface area contributed by atoms with E-state index in [1.165, 1.54) is 0 Å². The molecule has 2 aromatic rings. The van der Waals surface area contributed by atoms with Crippen molar-refractivity contribution in [1.29, 1.82) is 5.26 Å². The molecule has 104 valence electrons. The van der Waals surface area contributed by atoms with Gasteiger partial charge in [0.25, 0.3) is 0 Å². The van der Waals surface area contributed by atoms with E-state index in [1.807, 2.05) is 18.2 Å². The van der Waals surface area contributed by atoms with E-state index < -0.39 is 0 Å². The second-order valence-electron chi connectivity index (χ2n) is 5.74. The maximum atomic E-state index is 9.09. The number of nitrogens with zero attached hydrogens (tertiary/aromatic N) is 3. The molecule has 5 heteroatoms. The molecule has 0 spiro atoms. The highest BCUT2D eigenvalue weighted by molar-refractivity contribution is 7.71. The molecular formula is C15H18N4S. The Hall–Kier alpha value is -1.64. The molecule has 0 bridgehead atoms. The quantitative estimate of drug-likeness (QED) is 0.820. The summed E-state index contributed by atoms with van der Waals surface area (Å²) in [6, 6.07) is 8.32. The van der Waals surface area contributed by atoms with Gasteiger partial charge in [0, 0.05) is 12.6 Å². The van der Waals surface area contributed by atoms with Gasteiger partial charge in [-0.25, -0.2) is 0 Å². The smallest absolute Gasteiger partial charge is 0.178 e. The average Bonchev–Trinajstić information content (AvgIpc) is 2.74. The van der Waals surface area contributed by atoms with Crippen LogP contribution in [0.25, 0.3) is 11.0 Å². The molecule has 1 aromatic carbocycles. The van der Waals surface area contributed by atoms with E-state index >= 15 is 0 Å². The van der Waals surface area contributed by atoms with Crippen LogP contribution in [0.5, 0.6) is 0 Å². The molecule has 1 aliphatic heterocycles. The molecule has 3 rings (SSSR count). The number of rotatable bonds is 1. The Kier molecular flexibility index (Phi) is 3.36. The summed E-state index contributed by atoms with van der Waals surface area (Å²) in [4.78, 5) is 5.62. The Bertz CT molecular complexity index is 736. The van der Waals surface area contributed by atoms with Crippen LogP contribution in [-0.4, -0.2) is 34.6 Å². The highest BCUT2D eigenvalue weighted by Gasteiger charge is 2.27. The van der Waals surface area contributed by atoms with E-state index in [0.717, 1.165) is 35.3 Å². The number of piperidine rings is 1. The Morgan fingerprint density at radius 3 is 2.95 bits per heavy atom. The number of aromatic nitrogens is 2. The molecule has 4 nitrogen and oxygen atoms in total. The molecule has 2 unspecified atom stereocenters. The molecule has 1 N–H and O–H groups in total. The molecule has 0 aliphatic carbocycles. The van der Waals surface area contributed by atoms with Gasteiger partial charge in [0.2, 0.25) is 0 Å². The first-order valence-corrected chi connectivity index (χ1v) is 7.34. The number of likely N-dealkylation sites (tertiary alicyclic amines) is 1. The number of hydrogen-bond donors (Lipinski definition) is 1. The average molecular weight is 286 g/mol. The lowest BCUT2D eigenvalue weighted by Gasteiger charge is -2.35. The van der Waals surface area contributed by atoms with E-state index in [4.69, 9.17) is 17.5 Å². The number of fused-ring (bicyclic) bond motifs is 1. The van der Waals surface area contributed by atoms with Gasteiger partial charge in [-0.2, -0.15) is 5.26 Å². The summed E-state index contributed by atoms with van der Waals surface area (Å²) in [6.07, 6.45) is 1.09. The second kappa shape index (κ2) is 5.04. The lowest BCUT2D eigenvalue weighted by atomic mass is 9.94. The molecule has 20 heavy (non-hydrogen) atoms. The van der Waals surface area contributed by atoms with Crippen molar-refractivity contribution in [2.24, 2.45) is 5.92 Å². The molecule has 2 heterocycles. The van der Waals surface area contributed by atoms with E-state index in [2.05, 4.69) is 34.5 Å². The molecule has 1 saturated heterocycles. The molecule has 1 aliphatic rings. The van der Waals surface area contributed by atoms with E-state index in [0.29, 0.717) is 17.5 Å². The zero-order valence-electron chi connectivity index (χ0n) is 11.8.